The summed E-state index contributed by atoms with van der Waals surface area (Å²) in [6.07, 6.45) is 1.92. The zero-order chi connectivity index (χ0) is 29.9. The van der Waals surface area contributed by atoms with Crippen LogP contribution in [0.25, 0.3) is 0 Å². The number of rotatable bonds is 6. The molecule has 2 aliphatic rings. The van der Waals surface area contributed by atoms with E-state index in [2.05, 4.69) is 127 Å². The first-order valence-corrected chi connectivity index (χ1v) is 16.1. The molecule has 0 aliphatic carbocycles. The molecule has 2 aliphatic heterocycles. The Morgan fingerprint density at radius 3 is 1.21 bits per heavy atom. The Kier molecular flexibility index (Phi) is 8.27. The Labute approximate surface area is 249 Å². The van der Waals surface area contributed by atoms with Crippen molar-refractivity contribution in [2.45, 2.75) is 18.5 Å². The van der Waals surface area contributed by atoms with E-state index in [4.69, 9.17) is 9.47 Å². The minimum Gasteiger partial charge on any atom is -0.493 e. The van der Waals surface area contributed by atoms with Crippen LogP contribution in [0.15, 0.2) is 127 Å². The zero-order valence-electron chi connectivity index (χ0n) is 23.4. The predicted octanol–water partition coefficient (Wildman–Crippen LogP) is 7.94. The van der Waals surface area contributed by atoms with Gasteiger partial charge in [0.15, 0.2) is 0 Å². The highest BCUT2D eigenvalue weighted by Crippen LogP contribution is 2.69. The summed E-state index contributed by atoms with van der Waals surface area (Å²) in [6.45, 7) is 1.52. The summed E-state index contributed by atoms with van der Waals surface area (Å²) in [5, 5.41) is 4.16. The van der Waals surface area contributed by atoms with E-state index in [1.54, 1.807) is 0 Å². The van der Waals surface area contributed by atoms with E-state index < -0.39 is 14.5 Å². The summed E-state index contributed by atoms with van der Waals surface area (Å²) >= 11 is 0. The first kappa shape index (κ1) is 29.0. The highest BCUT2D eigenvalue weighted by Gasteiger charge is 2.54. The van der Waals surface area contributed by atoms with E-state index in [1.165, 1.54) is 38.2 Å². The number of ether oxygens (including phenoxy) is 2. The van der Waals surface area contributed by atoms with Crippen LogP contribution in [-0.4, -0.2) is 20.5 Å². The van der Waals surface area contributed by atoms with Crippen LogP contribution < -0.4 is 25.4 Å². The molecule has 0 radical (unpaired) electrons. The van der Waals surface area contributed by atoms with E-state index >= 15 is 0 Å². The van der Waals surface area contributed by atoms with Gasteiger partial charge < -0.3 is 26.7 Å². The summed E-state index contributed by atoms with van der Waals surface area (Å²) in [7, 11) is -8.24. The van der Waals surface area contributed by atoms with Gasteiger partial charge in [0.2, 0.25) is 0 Å². The summed E-state index contributed by atoms with van der Waals surface area (Å²) in [5.41, 5.74) is 5.44. The van der Waals surface area contributed by atoms with Crippen LogP contribution >= 0.6 is 7.26 Å². The molecule has 5 aromatic carbocycles. The minimum absolute atomic E-state index is 0.131. The van der Waals surface area contributed by atoms with Gasteiger partial charge in [-0.15, -0.1) is 0 Å². The fourth-order valence-corrected chi connectivity index (χ4v) is 11.2. The highest BCUT2D eigenvalue weighted by molar-refractivity contribution is 7.96. The van der Waals surface area contributed by atoms with Gasteiger partial charge in [-0.25, -0.2) is 0 Å². The van der Waals surface area contributed by atoms with E-state index in [9.17, 15) is 17.3 Å². The van der Waals surface area contributed by atoms with Gasteiger partial charge in [-0.2, -0.15) is 0 Å². The number of halogens is 4. The monoisotopic (exact) mass is 600 g/mol. The van der Waals surface area contributed by atoms with Crippen LogP contribution in [0, 0.1) is 0 Å². The van der Waals surface area contributed by atoms with Crippen LogP contribution in [0.1, 0.15) is 27.9 Å². The molecule has 0 fully saturated rings. The van der Waals surface area contributed by atoms with E-state index in [0.717, 1.165) is 37.6 Å². The molecular formula is C35H30BF4O2P. The average molecular weight is 600 g/mol. The number of benzene rings is 5. The molecule has 0 spiro atoms. The van der Waals surface area contributed by atoms with E-state index in [1.807, 2.05) is 0 Å². The lowest BCUT2D eigenvalue weighted by atomic mass is 9.99. The van der Waals surface area contributed by atoms with Gasteiger partial charge in [0, 0.05) is 12.8 Å². The number of hydrogen-bond acceptors (Lipinski definition) is 2. The molecule has 2 nitrogen and oxygen atoms in total. The third kappa shape index (κ3) is 6.05. The number of fused-ring (bicyclic) bond motifs is 2. The molecule has 8 heteroatoms. The van der Waals surface area contributed by atoms with Crippen molar-refractivity contribution in [1.82, 2.24) is 0 Å². The molecule has 0 atom stereocenters. The van der Waals surface area contributed by atoms with Crippen molar-refractivity contribution in [3.05, 3.63) is 150 Å². The molecular weight excluding hydrogens is 570 g/mol. The highest BCUT2D eigenvalue weighted by atomic mass is 31.2. The first-order chi connectivity index (χ1) is 20.8. The molecule has 0 bridgehead atoms. The van der Waals surface area contributed by atoms with Gasteiger partial charge in [0.25, 0.3) is 0 Å². The normalized spacial score (nSPS) is 13.8. The summed E-state index contributed by atoms with van der Waals surface area (Å²) in [4.78, 5) is 0. The molecule has 0 amide bonds. The lowest BCUT2D eigenvalue weighted by Crippen LogP contribution is -2.35. The molecule has 5 aromatic rings. The SMILES string of the molecule is F[B-](F)(F)F.c1ccc([P+](c2ccccc2)(c2ccccc2)C(c2ccc3c(c2)CCO3)c2ccc3c(c2)CCO3)cc1. The third-order valence-corrected chi connectivity index (χ3v) is 12.6. The van der Waals surface area contributed by atoms with Crippen LogP contribution in [0.2, 0.25) is 0 Å². The molecule has 0 aromatic heterocycles. The minimum atomic E-state index is -6.00. The second-order valence-corrected chi connectivity index (χ2v) is 14.1. The molecule has 218 valence electrons. The number of hydrogen-bond donors (Lipinski definition) is 0. The predicted molar refractivity (Wildman–Crippen MR) is 168 cm³/mol. The largest absolute Gasteiger partial charge is 0.673 e. The molecule has 43 heavy (non-hydrogen) atoms. The van der Waals surface area contributed by atoms with Gasteiger partial charge in [-0.3, -0.25) is 0 Å². The van der Waals surface area contributed by atoms with E-state index in [-0.39, 0.29) is 5.66 Å². The first-order valence-electron chi connectivity index (χ1n) is 14.3. The quantitative estimate of drug-likeness (QED) is 0.112. The van der Waals surface area contributed by atoms with Gasteiger partial charge >= 0.3 is 7.25 Å². The van der Waals surface area contributed by atoms with Gasteiger partial charge in [0.05, 0.1) is 13.2 Å². The Bertz CT molecular complexity index is 1520. The van der Waals surface area contributed by atoms with Crippen molar-refractivity contribution in [1.29, 1.82) is 0 Å². The molecule has 7 rings (SSSR count). The lowest BCUT2D eigenvalue weighted by Gasteiger charge is -2.35. The zero-order valence-corrected chi connectivity index (χ0v) is 24.3. The fourth-order valence-electron chi connectivity index (χ4n) is 6.28. The molecule has 0 unspecified atom stereocenters. The maximum absolute atomic E-state index is 9.75. The summed E-state index contributed by atoms with van der Waals surface area (Å²) in [5.74, 6) is 2.05. The Hall–Kier alpha value is -4.09. The van der Waals surface area contributed by atoms with Crippen LogP contribution in [0.3, 0.4) is 0 Å². The van der Waals surface area contributed by atoms with Crippen molar-refractivity contribution < 1.29 is 26.7 Å². The maximum Gasteiger partial charge on any atom is 0.673 e. The average Bonchev–Trinajstić information content (AvgIpc) is 3.69. The van der Waals surface area contributed by atoms with E-state index in [0.29, 0.717) is 0 Å². The molecule has 0 saturated heterocycles. The molecule has 2 heterocycles. The van der Waals surface area contributed by atoms with Gasteiger partial charge in [0.1, 0.15) is 40.3 Å². The van der Waals surface area contributed by atoms with Crippen LogP contribution in [-0.2, 0) is 12.8 Å². The van der Waals surface area contributed by atoms with Crippen molar-refractivity contribution >= 4 is 30.4 Å². The topological polar surface area (TPSA) is 18.5 Å². The van der Waals surface area contributed by atoms with Crippen molar-refractivity contribution in [2.75, 3.05) is 13.2 Å². The lowest BCUT2D eigenvalue weighted by molar-refractivity contribution is 0.356. The Balaban J connectivity index is 0.000000611. The standard InChI is InChI=1S/C35H30O2P.BF4/c1-4-10-30(11-5-1)38(31-12-6-2-7-13-31,32-14-8-3-9-15-32)35(28-16-18-33-26(24-28)20-22-36-33)29-17-19-34-27(25-29)21-23-37-34;2-1(3,4)5/h1-19,24-25,35H,20-23H2;/q+1;-1. The van der Waals surface area contributed by atoms with Crippen LogP contribution in [0.5, 0.6) is 11.5 Å². The summed E-state index contributed by atoms with van der Waals surface area (Å²) in [6, 6.07) is 47.4. The fraction of sp³-hybridized carbons (Fsp3) is 0.143. The Morgan fingerprint density at radius 2 is 0.860 bits per heavy atom. The molecule has 0 saturated carbocycles. The second-order valence-electron chi connectivity index (χ2n) is 10.6. The van der Waals surface area contributed by atoms with Crippen molar-refractivity contribution in [3.8, 4) is 11.5 Å². The van der Waals surface area contributed by atoms with Crippen molar-refractivity contribution in [2.24, 2.45) is 0 Å². The van der Waals surface area contributed by atoms with Gasteiger partial charge in [-0.05, 0) is 82.9 Å². The van der Waals surface area contributed by atoms with Crippen molar-refractivity contribution in [3.63, 3.8) is 0 Å². The maximum atomic E-state index is 9.75. The summed E-state index contributed by atoms with van der Waals surface area (Å²) < 4.78 is 50.9. The smallest absolute Gasteiger partial charge is 0.493 e. The Morgan fingerprint density at radius 1 is 0.512 bits per heavy atom. The third-order valence-electron chi connectivity index (χ3n) is 7.94. The van der Waals surface area contributed by atoms with Gasteiger partial charge in [-0.1, -0.05) is 66.7 Å². The second kappa shape index (κ2) is 12.3. The van der Waals surface area contributed by atoms with Crippen LogP contribution in [0.4, 0.5) is 17.3 Å². The molecule has 0 N–H and O–H groups in total.